The Kier molecular flexibility index (Phi) is 1.61. The summed E-state index contributed by atoms with van der Waals surface area (Å²) < 4.78 is 4.75. The van der Waals surface area contributed by atoms with Gasteiger partial charge in [-0.1, -0.05) is 0 Å². The zero-order chi connectivity index (χ0) is 8.65. The zero-order valence-corrected chi connectivity index (χ0v) is 6.37. The lowest BCUT2D eigenvalue weighted by atomic mass is 9.91. The number of carbonyl (C=O) groups excluding carboxylic acids is 1. The van der Waals surface area contributed by atoms with Crippen molar-refractivity contribution in [3.05, 3.63) is 0 Å². The van der Waals surface area contributed by atoms with E-state index in [-0.39, 0.29) is 0 Å². The number of hydrogen-bond donors (Lipinski definition) is 1. The number of aliphatic hydroxyl groups excluding tert-OH is 1. The number of rotatable bonds is 0. The number of hydrogen-bond acceptors (Lipinski definition) is 4. The van der Waals surface area contributed by atoms with Crippen LogP contribution in [0, 0.1) is 17.2 Å². The summed E-state index contributed by atoms with van der Waals surface area (Å²) in [4.78, 5) is 10.7. The second-order valence-corrected chi connectivity index (χ2v) is 3.08. The van der Waals surface area contributed by atoms with Crippen LogP contribution in [0.1, 0.15) is 13.8 Å². The van der Waals surface area contributed by atoms with Crippen molar-refractivity contribution in [1.29, 1.82) is 5.26 Å². The van der Waals surface area contributed by atoms with E-state index in [2.05, 4.69) is 0 Å². The molecule has 2 atom stereocenters. The smallest absolute Gasteiger partial charge is 0.337 e. The molecule has 0 aromatic rings. The first kappa shape index (κ1) is 8.02. The van der Waals surface area contributed by atoms with Gasteiger partial charge < -0.3 is 9.84 Å². The number of ether oxygens (including phenoxy) is 1. The molecule has 2 unspecified atom stereocenters. The van der Waals surface area contributed by atoms with E-state index in [0.29, 0.717) is 0 Å². The van der Waals surface area contributed by atoms with Crippen molar-refractivity contribution < 1.29 is 14.6 Å². The molecule has 0 aromatic carbocycles. The molecule has 4 nitrogen and oxygen atoms in total. The highest BCUT2D eigenvalue weighted by Crippen LogP contribution is 2.31. The van der Waals surface area contributed by atoms with Gasteiger partial charge in [0.1, 0.15) is 11.5 Å². The third-order valence-corrected chi connectivity index (χ3v) is 1.81. The van der Waals surface area contributed by atoms with E-state index < -0.39 is 23.6 Å². The maximum atomic E-state index is 10.7. The molecule has 1 saturated heterocycles. The van der Waals surface area contributed by atoms with Crippen LogP contribution in [0.2, 0.25) is 0 Å². The van der Waals surface area contributed by atoms with Gasteiger partial charge in [0.05, 0.1) is 6.07 Å². The predicted octanol–water partition coefficient (Wildman–Crippen LogP) is -0.178. The quantitative estimate of drug-likeness (QED) is 0.493. The first-order valence-electron chi connectivity index (χ1n) is 3.29. The standard InChI is InChI=1S/C7H9NO3/c1-7(2)4(3-8)5(9)6(10)11-7/h4-5,9H,1-2H3. The first-order chi connectivity index (χ1) is 4.99. The van der Waals surface area contributed by atoms with Crippen molar-refractivity contribution >= 4 is 5.97 Å². The Morgan fingerprint density at radius 3 is 2.45 bits per heavy atom. The van der Waals surface area contributed by atoms with Crippen molar-refractivity contribution in [2.24, 2.45) is 5.92 Å². The van der Waals surface area contributed by atoms with Gasteiger partial charge in [0.15, 0.2) is 6.10 Å². The summed E-state index contributed by atoms with van der Waals surface area (Å²) in [5.41, 5.74) is -0.856. The van der Waals surface area contributed by atoms with E-state index in [1.165, 1.54) is 0 Å². The molecule has 11 heavy (non-hydrogen) atoms. The molecule has 60 valence electrons. The zero-order valence-electron chi connectivity index (χ0n) is 6.37. The van der Waals surface area contributed by atoms with Gasteiger partial charge in [-0.25, -0.2) is 4.79 Å². The molecule has 0 bridgehead atoms. The first-order valence-corrected chi connectivity index (χ1v) is 3.29. The summed E-state index contributed by atoms with van der Waals surface area (Å²) in [5.74, 6) is -1.46. The van der Waals surface area contributed by atoms with E-state index in [0.717, 1.165) is 0 Å². The Balaban J connectivity index is 2.93. The van der Waals surface area contributed by atoms with Crippen LogP contribution in [0.4, 0.5) is 0 Å². The lowest BCUT2D eigenvalue weighted by Gasteiger charge is -2.18. The molecule has 1 fully saturated rings. The maximum absolute atomic E-state index is 10.7. The molecule has 1 N–H and O–H groups in total. The fourth-order valence-corrected chi connectivity index (χ4v) is 1.13. The molecule has 0 spiro atoms. The Bertz CT molecular complexity index is 228. The second-order valence-electron chi connectivity index (χ2n) is 3.08. The summed E-state index contributed by atoms with van der Waals surface area (Å²) in [6.07, 6.45) is -1.28. The molecule has 4 heteroatoms. The highest BCUT2D eigenvalue weighted by atomic mass is 16.6. The molecular weight excluding hydrogens is 146 g/mol. The van der Waals surface area contributed by atoms with Gasteiger partial charge in [-0.2, -0.15) is 5.26 Å². The summed E-state index contributed by atoms with van der Waals surface area (Å²) in [7, 11) is 0. The van der Waals surface area contributed by atoms with Crippen molar-refractivity contribution in [3.63, 3.8) is 0 Å². The van der Waals surface area contributed by atoms with Gasteiger partial charge >= 0.3 is 5.97 Å². The molecule has 0 amide bonds. The van der Waals surface area contributed by atoms with Crippen molar-refractivity contribution in [1.82, 2.24) is 0 Å². The van der Waals surface area contributed by atoms with E-state index >= 15 is 0 Å². The van der Waals surface area contributed by atoms with E-state index in [1.807, 2.05) is 6.07 Å². The average molecular weight is 155 g/mol. The Labute approximate surface area is 64.4 Å². The van der Waals surface area contributed by atoms with Crippen LogP contribution >= 0.6 is 0 Å². The third-order valence-electron chi connectivity index (χ3n) is 1.81. The summed E-state index contributed by atoms with van der Waals surface area (Å²) >= 11 is 0. The number of esters is 1. The molecule has 1 rings (SSSR count). The number of nitrogens with zero attached hydrogens (tertiary/aromatic N) is 1. The fraction of sp³-hybridized carbons (Fsp3) is 0.714. The van der Waals surface area contributed by atoms with Crippen molar-refractivity contribution in [3.8, 4) is 6.07 Å². The molecule has 0 radical (unpaired) electrons. The highest BCUT2D eigenvalue weighted by Gasteiger charge is 2.49. The topological polar surface area (TPSA) is 70.3 Å². The SMILES string of the molecule is CC1(C)OC(=O)C(O)C1C#N. The van der Waals surface area contributed by atoms with Crippen LogP contribution in [-0.2, 0) is 9.53 Å². The molecular formula is C7H9NO3. The van der Waals surface area contributed by atoms with Crippen LogP contribution in [0.25, 0.3) is 0 Å². The average Bonchev–Trinajstić information content (AvgIpc) is 2.03. The van der Waals surface area contributed by atoms with Gasteiger partial charge in [-0.15, -0.1) is 0 Å². The van der Waals surface area contributed by atoms with Gasteiger partial charge in [-0.05, 0) is 13.8 Å². The number of nitriles is 1. The lowest BCUT2D eigenvalue weighted by molar-refractivity contribution is -0.151. The largest absolute Gasteiger partial charge is 0.456 e. The van der Waals surface area contributed by atoms with Crippen molar-refractivity contribution in [2.45, 2.75) is 25.6 Å². The molecule has 0 aliphatic carbocycles. The van der Waals surface area contributed by atoms with Crippen LogP contribution in [0.5, 0.6) is 0 Å². The van der Waals surface area contributed by atoms with Gasteiger partial charge in [0.2, 0.25) is 0 Å². The van der Waals surface area contributed by atoms with Crippen LogP contribution in [-0.4, -0.2) is 22.8 Å². The molecule has 1 aliphatic heterocycles. The molecule has 1 heterocycles. The van der Waals surface area contributed by atoms with Crippen LogP contribution in [0.15, 0.2) is 0 Å². The van der Waals surface area contributed by atoms with Gasteiger partial charge in [-0.3, -0.25) is 0 Å². The monoisotopic (exact) mass is 155 g/mol. The van der Waals surface area contributed by atoms with Crippen LogP contribution < -0.4 is 0 Å². The number of aliphatic hydroxyl groups is 1. The molecule has 0 aromatic heterocycles. The number of carbonyl (C=O) groups is 1. The highest BCUT2D eigenvalue weighted by molar-refractivity contribution is 5.78. The second kappa shape index (κ2) is 2.21. The fourth-order valence-electron chi connectivity index (χ4n) is 1.13. The minimum Gasteiger partial charge on any atom is -0.456 e. The van der Waals surface area contributed by atoms with E-state index in [1.54, 1.807) is 13.8 Å². The van der Waals surface area contributed by atoms with Crippen LogP contribution in [0.3, 0.4) is 0 Å². The predicted molar refractivity (Wildman–Crippen MR) is 35.3 cm³/mol. The van der Waals surface area contributed by atoms with Gasteiger partial charge in [0, 0.05) is 0 Å². The maximum Gasteiger partial charge on any atom is 0.337 e. The normalized spacial score (nSPS) is 34.5. The Hall–Kier alpha value is -1.08. The summed E-state index contributed by atoms with van der Waals surface area (Å²) in [5, 5.41) is 17.6. The third kappa shape index (κ3) is 1.08. The Morgan fingerprint density at radius 1 is 1.73 bits per heavy atom. The summed E-state index contributed by atoms with van der Waals surface area (Å²) in [6, 6.07) is 1.84. The minimum absolute atomic E-state index is 0.707. The molecule has 0 saturated carbocycles. The number of cyclic esters (lactones) is 1. The summed E-state index contributed by atoms with van der Waals surface area (Å²) in [6.45, 7) is 3.21. The molecule has 1 aliphatic rings. The van der Waals surface area contributed by atoms with Crippen molar-refractivity contribution in [2.75, 3.05) is 0 Å². The minimum atomic E-state index is -1.28. The van der Waals surface area contributed by atoms with E-state index in [9.17, 15) is 4.79 Å². The Morgan fingerprint density at radius 2 is 2.27 bits per heavy atom. The van der Waals surface area contributed by atoms with E-state index in [4.69, 9.17) is 15.1 Å². The lowest BCUT2D eigenvalue weighted by Crippen LogP contribution is -2.30. The van der Waals surface area contributed by atoms with Gasteiger partial charge in [0.25, 0.3) is 0 Å².